The number of methoxy groups -OCH3 is 1. The number of para-hydroxylation sites is 1. The van der Waals surface area contributed by atoms with Crippen molar-refractivity contribution in [1.29, 1.82) is 0 Å². The molecule has 21 heavy (non-hydrogen) atoms. The van der Waals surface area contributed by atoms with Crippen LogP contribution < -0.4 is 10.1 Å². The van der Waals surface area contributed by atoms with Crippen LogP contribution in [0.5, 0.6) is 5.75 Å². The van der Waals surface area contributed by atoms with E-state index in [1.54, 1.807) is 7.11 Å². The minimum atomic E-state index is 0.293. The molecule has 1 atom stereocenters. The Bertz CT molecular complexity index is 590. The van der Waals surface area contributed by atoms with Gasteiger partial charge in [-0.3, -0.25) is 4.90 Å². The van der Waals surface area contributed by atoms with Crippen LogP contribution in [0.4, 0.5) is 0 Å². The molecule has 2 heterocycles. The summed E-state index contributed by atoms with van der Waals surface area (Å²) in [7, 11) is 1.76. The third-order valence-corrected chi connectivity index (χ3v) is 5.03. The van der Waals surface area contributed by atoms with Crippen LogP contribution >= 0.6 is 11.3 Å². The Balaban J connectivity index is 2.02. The molecular weight excluding hydrogens is 280 g/mol. The lowest BCUT2D eigenvalue weighted by Crippen LogP contribution is -2.45. The quantitative estimate of drug-likeness (QED) is 0.939. The number of thiophene rings is 1. The van der Waals surface area contributed by atoms with Gasteiger partial charge in [0.25, 0.3) is 0 Å². The summed E-state index contributed by atoms with van der Waals surface area (Å²) in [6.45, 7) is 6.41. The van der Waals surface area contributed by atoms with E-state index in [2.05, 4.69) is 47.5 Å². The molecule has 1 aliphatic heterocycles. The van der Waals surface area contributed by atoms with Crippen LogP contribution in [0.3, 0.4) is 0 Å². The molecule has 0 aliphatic carbocycles. The highest BCUT2D eigenvalue weighted by Gasteiger charge is 2.27. The van der Waals surface area contributed by atoms with Gasteiger partial charge in [-0.05, 0) is 25.1 Å². The second-order valence-corrected chi connectivity index (χ2v) is 6.70. The number of aryl methyl sites for hydroxylation is 1. The second-order valence-electron chi connectivity index (χ2n) is 5.38. The molecule has 2 aromatic rings. The van der Waals surface area contributed by atoms with Crippen LogP contribution in [0.15, 0.2) is 36.4 Å². The van der Waals surface area contributed by atoms with E-state index in [4.69, 9.17) is 4.74 Å². The van der Waals surface area contributed by atoms with Crippen molar-refractivity contribution in [2.45, 2.75) is 13.0 Å². The normalized spacial score (nSPS) is 17.6. The molecule has 1 aromatic carbocycles. The summed E-state index contributed by atoms with van der Waals surface area (Å²) in [5.74, 6) is 0.979. The average molecular weight is 302 g/mol. The maximum atomic E-state index is 5.61. The Morgan fingerprint density at radius 3 is 2.57 bits per heavy atom. The van der Waals surface area contributed by atoms with E-state index in [1.807, 2.05) is 17.4 Å². The maximum absolute atomic E-state index is 5.61. The fourth-order valence-electron chi connectivity index (χ4n) is 2.96. The third kappa shape index (κ3) is 3.12. The summed E-state index contributed by atoms with van der Waals surface area (Å²) < 4.78 is 5.61. The topological polar surface area (TPSA) is 24.5 Å². The number of nitrogens with zero attached hydrogens (tertiary/aromatic N) is 1. The lowest BCUT2D eigenvalue weighted by Gasteiger charge is -2.35. The molecular formula is C17H22N2OS. The smallest absolute Gasteiger partial charge is 0.124 e. The molecule has 112 valence electrons. The van der Waals surface area contributed by atoms with Crippen LogP contribution in [0.25, 0.3) is 0 Å². The van der Waals surface area contributed by atoms with Gasteiger partial charge in [0.15, 0.2) is 0 Å². The molecule has 0 saturated carbocycles. The lowest BCUT2D eigenvalue weighted by atomic mass is 10.0. The number of benzene rings is 1. The average Bonchev–Trinajstić information content (AvgIpc) is 2.95. The zero-order valence-electron chi connectivity index (χ0n) is 12.6. The molecule has 0 bridgehead atoms. The van der Waals surface area contributed by atoms with Gasteiger partial charge < -0.3 is 10.1 Å². The van der Waals surface area contributed by atoms with Gasteiger partial charge in [-0.25, -0.2) is 0 Å². The summed E-state index contributed by atoms with van der Waals surface area (Å²) in [5.41, 5.74) is 1.27. The van der Waals surface area contributed by atoms with Crippen molar-refractivity contribution in [2.75, 3.05) is 33.3 Å². The van der Waals surface area contributed by atoms with Gasteiger partial charge in [0.05, 0.1) is 13.2 Å². The van der Waals surface area contributed by atoms with Crippen molar-refractivity contribution in [3.05, 3.63) is 51.7 Å². The molecule has 1 aliphatic rings. The molecule has 4 heteroatoms. The van der Waals surface area contributed by atoms with Crippen molar-refractivity contribution in [1.82, 2.24) is 10.2 Å². The SMILES string of the molecule is COc1ccccc1C(c1ccc(C)s1)N1CCNCC1. The fourth-order valence-corrected chi connectivity index (χ4v) is 3.99. The molecule has 0 spiro atoms. The van der Waals surface area contributed by atoms with Crippen molar-refractivity contribution >= 4 is 11.3 Å². The number of piperazine rings is 1. The molecule has 1 unspecified atom stereocenters. The monoisotopic (exact) mass is 302 g/mol. The van der Waals surface area contributed by atoms with E-state index < -0.39 is 0 Å². The Hall–Kier alpha value is -1.36. The van der Waals surface area contributed by atoms with Crippen molar-refractivity contribution in [2.24, 2.45) is 0 Å². The maximum Gasteiger partial charge on any atom is 0.124 e. The molecule has 1 N–H and O–H groups in total. The first-order valence-corrected chi connectivity index (χ1v) is 8.25. The van der Waals surface area contributed by atoms with Gasteiger partial charge in [-0.2, -0.15) is 0 Å². The minimum absolute atomic E-state index is 0.293. The minimum Gasteiger partial charge on any atom is -0.496 e. The molecule has 1 saturated heterocycles. The van der Waals surface area contributed by atoms with Crippen molar-refractivity contribution in [3.63, 3.8) is 0 Å². The van der Waals surface area contributed by atoms with E-state index in [9.17, 15) is 0 Å². The summed E-state index contributed by atoms with van der Waals surface area (Å²) >= 11 is 1.89. The Labute approximate surface area is 130 Å². The number of hydrogen-bond donors (Lipinski definition) is 1. The number of rotatable bonds is 4. The van der Waals surface area contributed by atoms with E-state index >= 15 is 0 Å². The van der Waals surface area contributed by atoms with Crippen LogP contribution in [0.1, 0.15) is 21.4 Å². The van der Waals surface area contributed by atoms with E-state index in [-0.39, 0.29) is 0 Å². The first-order chi connectivity index (χ1) is 10.3. The van der Waals surface area contributed by atoms with E-state index in [1.165, 1.54) is 15.3 Å². The molecule has 0 amide bonds. The summed E-state index contributed by atoms with van der Waals surface area (Å²) in [6.07, 6.45) is 0. The van der Waals surface area contributed by atoms with Crippen LogP contribution in [-0.2, 0) is 0 Å². The number of hydrogen-bond acceptors (Lipinski definition) is 4. The number of ether oxygens (including phenoxy) is 1. The van der Waals surface area contributed by atoms with Gasteiger partial charge in [0.2, 0.25) is 0 Å². The summed E-state index contributed by atoms with van der Waals surface area (Å²) in [6, 6.07) is 13.2. The van der Waals surface area contributed by atoms with E-state index in [0.29, 0.717) is 6.04 Å². The largest absolute Gasteiger partial charge is 0.496 e. The van der Waals surface area contributed by atoms with E-state index in [0.717, 1.165) is 31.9 Å². The van der Waals surface area contributed by atoms with Crippen LogP contribution in [-0.4, -0.2) is 38.2 Å². The standard InChI is InChI=1S/C17H22N2OS/c1-13-7-8-16(21-13)17(19-11-9-18-10-12-19)14-5-3-4-6-15(14)20-2/h3-8,17-18H,9-12H2,1-2H3. The molecule has 0 radical (unpaired) electrons. The lowest BCUT2D eigenvalue weighted by molar-refractivity contribution is 0.197. The molecule has 3 rings (SSSR count). The first kappa shape index (κ1) is 14.6. The van der Waals surface area contributed by atoms with Gasteiger partial charge in [-0.1, -0.05) is 18.2 Å². The predicted octanol–water partition coefficient (Wildman–Crippen LogP) is 3.06. The van der Waals surface area contributed by atoms with Crippen LogP contribution in [0, 0.1) is 6.92 Å². The first-order valence-electron chi connectivity index (χ1n) is 7.43. The molecule has 1 aromatic heterocycles. The summed E-state index contributed by atoms with van der Waals surface area (Å²) in [4.78, 5) is 5.32. The summed E-state index contributed by atoms with van der Waals surface area (Å²) in [5, 5.41) is 3.44. The zero-order chi connectivity index (χ0) is 14.7. The predicted molar refractivity (Wildman–Crippen MR) is 88.3 cm³/mol. The van der Waals surface area contributed by atoms with Gasteiger partial charge >= 0.3 is 0 Å². The molecule has 3 nitrogen and oxygen atoms in total. The highest BCUT2D eigenvalue weighted by atomic mass is 32.1. The van der Waals surface area contributed by atoms with Gasteiger partial charge in [0, 0.05) is 41.5 Å². The van der Waals surface area contributed by atoms with Gasteiger partial charge in [-0.15, -0.1) is 11.3 Å². The fraction of sp³-hybridized carbons (Fsp3) is 0.412. The van der Waals surface area contributed by atoms with Crippen molar-refractivity contribution < 1.29 is 4.74 Å². The Morgan fingerprint density at radius 1 is 1.14 bits per heavy atom. The Kier molecular flexibility index (Phi) is 4.58. The zero-order valence-corrected chi connectivity index (χ0v) is 13.5. The second kappa shape index (κ2) is 6.60. The third-order valence-electron chi connectivity index (χ3n) is 3.98. The highest BCUT2D eigenvalue weighted by Crippen LogP contribution is 2.37. The van der Waals surface area contributed by atoms with Gasteiger partial charge in [0.1, 0.15) is 5.75 Å². The van der Waals surface area contributed by atoms with Crippen molar-refractivity contribution in [3.8, 4) is 5.75 Å². The number of nitrogens with one attached hydrogen (secondary N) is 1. The molecule has 1 fully saturated rings. The Morgan fingerprint density at radius 2 is 1.90 bits per heavy atom. The van der Waals surface area contributed by atoms with Crippen LogP contribution in [0.2, 0.25) is 0 Å². The highest BCUT2D eigenvalue weighted by molar-refractivity contribution is 7.12.